The van der Waals surface area contributed by atoms with E-state index in [1.807, 2.05) is 76.9 Å². The van der Waals surface area contributed by atoms with Gasteiger partial charge < -0.3 is 23.4 Å². The van der Waals surface area contributed by atoms with E-state index in [2.05, 4.69) is 421 Å². The molecule has 18 aromatic carbocycles. The van der Waals surface area contributed by atoms with E-state index in [1.165, 1.54) is 156 Å². The number of ether oxygens (including phenoxy) is 1. The largest absolute Gasteiger partial charge is 0.455 e. The van der Waals surface area contributed by atoms with Crippen molar-refractivity contribution in [2.24, 2.45) is 0 Å². The summed E-state index contributed by atoms with van der Waals surface area (Å²) in [5.74, 6) is 1.79. The molecule has 0 saturated heterocycles. The number of furan rings is 2. The Balaban J connectivity index is 0.0000000964. The first-order valence-electron chi connectivity index (χ1n) is 41.3. The molecular formula is C114H86N2O3S3. The third-order valence-electron chi connectivity index (χ3n) is 22.4. The molecule has 4 aromatic heterocycles. The summed E-state index contributed by atoms with van der Waals surface area (Å²) in [6, 6.07) is 145. The van der Waals surface area contributed by atoms with Gasteiger partial charge >= 0.3 is 0 Å². The quantitative estimate of drug-likeness (QED) is 0.165. The smallest absolute Gasteiger partial charge is 0.151 e. The normalized spacial score (nSPS) is 11.7. The number of para-hydroxylation sites is 8. The number of aryl methyl sites for hydroxylation is 6. The molecule has 2 aliphatic heterocycles. The topological polar surface area (TPSA) is 42.0 Å². The number of thiophene rings is 2. The molecule has 0 atom stereocenters. The maximum Gasteiger partial charge on any atom is 0.151 e. The lowest BCUT2D eigenvalue weighted by Gasteiger charge is -2.33. The molecule has 0 spiro atoms. The second-order valence-corrected chi connectivity index (χ2v) is 34.2. The molecule has 0 N–H and O–H groups in total. The van der Waals surface area contributed by atoms with Crippen molar-refractivity contribution in [3.05, 3.63) is 446 Å². The average molecular weight is 1630 g/mol. The number of hydrogen-bond acceptors (Lipinski definition) is 8. The Hall–Kier alpha value is -14.3. The summed E-state index contributed by atoms with van der Waals surface area (Å²) < 4.78 is 23.7. The van der Waals surface area contributed by atoms with Gasteiger partial charge in [0.1, 0.15) is 22.3 Å². The minimum absolute atomic E-state index is 0.888. The highest BCUT2D eigenvalue weighted by molar-refractivity contribution is 7.99. The zero-order chi connectivity index (χ0) is 82.6. The number of nitrogens with zero attached hydrogens (tertiary/aromatic N) is 2. The minimum atomic E-state index is 0.888. The van der Waals surface area contributed by atoms with Crippen LogP contribution < -0.4 is 14.5 Å². The Labute approximate surface area is 723 Å². The summed E-state index contributed by atoms with van der Waals surface area (Å²) in [6.07, 6.45) is 0. The van der Waals surface area contributed by atoms with Gasteiger partial charge in [-0.15, -0.1) is 22.7 Å². The molecule has 2 aliphatic rings. The van der Waals surface area contributed by atoms with Gasteiger partial charge in [0.2, 0.25) is 0 Å². The molecule has 5 nitrogen and oxygen atoms in total. The van der Waals surface area contributed by atoms with Crippen LogP contribution in [0.1, 0.15) is 33.4 Å². The first-order valence-corrected chi connectivity index (χ1v) is 43.8. The Bertz CT molecular complexity index is 7070. The van der Waals surface area contributed by atoms with Crippen LogP contribution in [0.2, 0.25) is 0 Å². The van der Waals surface area contributed by atoms with Crippen molar-refractivity contribution < 1.29 is 13.6 Å². The lowest BCUT2D eigenvalue weighted by molar-refractivity contribution is 0.476. The zero-order valence-corrected chi connectivity index (χ0v) is 71.1. The third-order valence-corrected chi connectivity index (χ3v) is 26.0. The van der Waals surface area contributed by atoms with Crippen LogP contribution in [0.5, 0.6) is 11.5 Å². The van der Waals surface area contributed by atoms with Crippen LogP contribution in [0.25, 0.3) is 129 Å². The van der Waals surface area contributed by atoms with Crippen LogP contribution >= 0.6 is 34.4 Å². The van der Waals surface area contributed by atoms with E-state index in [1.54, 1.807) is 0 Å². The predicted molar refractivity (Wildman–Crippen MR) is 523 cm³/mol. The van der Waals surface area contributed by atoms with Crippen LogP contribution in [0.3, 0.4) is 0 Å². The maximum absolute atomic E-state index is 6.09. The SMILES string of the molecule is Cc1ccc(-c2cccc3c2oc2ccccc23)cc1.Cc1ccc(-c2cccc3c2sc2ccccc23)cc1.Cc1ccc2c(c1)Oc1ccccc1N2c1ccccc1.Cc1ccc2c(c1)Sc1ccccc1N2c1ccccc1.Cc1ccc2oc3c(-c4ccccc4)cccc3c2c1.Cc1ccc2sc3c(-c4ccccc4)cccc3c2c1. The van der Waals surface area contributed by atoms with Crippen molar-refractivity contribution in [1.82, 2.24) is 0 Å². The molecule has 8 heteroatoms. The summed E-state index contributed by atoms with van der Waals surface area (Å²) in [5, 5.41) is 10.2. The average Bonchev–Trinajstić information content (AvgIpc) is 1.35. The summed E-state index contributed by atoms with van der Waals surface area (Å²) in [5.41, 5.74) is 28.4. The molecule has 0 aliphatic carbocycles. The second kappa shape index (κ2) is 34.6. The van der Waals surface area contributed by atoms with Crippen molar-refractivity contribution in [1.29, 1.82) is 0 Å². The van der Waals surface area contributed by atoms with E-state index < -0.39 is 0 Å². The molecule has 0 bridgehead atoms. The molecule has 0 saturated carbocycles. The van der Waals surface area contributed by atoms with Gasteiger partial charge in [-0.1, -0.05) is 337 Å². The van der Waals surface area contributed by atoms with E-state index in [9.17, 15) is 0 Å². The van der Waals surface area contributed by atoms with Crippen LogP contribution in [0.15, 0.2) is 431 Å². The number of fused-ring (bicyclic) bond motifs is 16. The van der Waals surface area contributed by atoms with Gasteiger partial charge in [0.25, 0.3) is 0 Å². The molecule has 0 radical (unpaired) electrons. The minimum Gasteiger partial charge on any atom is -0.455 e. The molecule has 588 valence electrons. The van der Waals surface area contributed by atoms with Crippen LogP contribution in [0, 0.1) is 41.5 Å². The van der Waals surface area contributed by atoms with Gasteiger partial charge in [-0.3, -0.25) is 0 Å². The van der Waals surface area contributed by atoms with Crippen molar-refractivity contribution >= 4 is 153 Å². The molecule has 24 rings (SSSR count). The monoisotopic (exact) mass is 1630 g/mol. The van der Waals surface area contributed by atoms with Gasteiger partial charge in [-0.2, -0.15) is 0 Å². The molecule has 0 unspecified atom stereocenters. The molecule has 0 fully saturated rings. The van der Waals surface area contributed by atoms with E-state index in [-0.39, 0.29) is 0 Å². The van der Waals surface area contributed by atoms with Crippen LogP contribution in [0.4, 0.5) is 34.1 Å². The van der Waals surface area contributed by atoms with E-state index in [0.717, 1.165) is 62.0 Å². The number of rotatable bonds is 6. The highest BCUT2D eigenvalue weighted by atomic mass is 32.2. The van der Waals surface area contributed by atoms with Gasteiger partial charge in [0.15, 0.2) is 11.5 Å². The lowest BCUT2D eigenvalue weighted by Crippen LogP contribution is -2.15. The maximum atomic E-state index is 6.09. The van der Waals surface area contributed by atoms with E-state index >= 15 is 0 Å². The number of hydrogen-bond donors (Lipinski definition) is 0. The fourth-order valence-electron chi connectivity index (χ4n) is 16.4. The molecular weight excluding hydrogens is 1540 g/mol. The van der Waals surface area contributed by atoms with Gasteiger partial charge in [0.05, 0.1) is 22.7 Å². The summed E-state index contributed by atoms with van der Waals surface area (Å²) in [7, 11) is 0. The Morgan fingerprint density at radius 3 is 1.23 bits per heavy atom. The predicted octanol–water partition coefficient (Wildman–Crippen LogP) is 34.7. The summed E-state index contributed by atoms with van der Waals surface area (Å²) in [6.45, 7) is 12.7. The number of anilines is 6. The molecule has 0 amide bonds. The summed E-state index contributed by atoms with van der Waals surface area (Å²) >= 11 is 5.63. The molecule has 6 heterocycles. The van der Waals surface area contributed by atoms with Gasteiger partial charge in [-0.25, -0.2) is 0 Å². The second-order valence-electron chi connectivity index (χ2n) is 31.0. The highest BCUT2D eigenvalue weighted by Crippen LogP contribution is 2.53. The van der Waals surface area contributed by atoms with E-state index in [4.69, 9.17) is 13.6 Å². The zero-order valence-electron chi connectivity index (χ0n) is 68.6. The highest BCUT2D eigenvalue weighted by Gasteiger charge is 2.27. The Morgan fingerprint density at radius 1 is 0.221 bits per heavy atom. The first-order chi connectivity index (χ1) is 60.0. The van der Waals surface area contributed by atoms with Crippen molar-refractivity contribution in [2.45, 2.75) is 51.3 Å². The lowest BCUT2D eigenvalue weighted by atomic mass is 10.0. The van der Waals surface area contributed by atoms with Crippen molar-refractivity contribution in [2.75, 3.05) is 9.80 Å². The molecule has 122 heavy (non-hydrogen) atoms. The van der Waals surface area contributed by atoms with Crippen molar-refractivity contribution in [3.8, 4) is 56.0 Å². The van der Waals surface area contributed by atoms with Gasteiger partial charge in [-0.05, 0) is 195 Å². The fraction of sp³-hybridized carbons (Fsp3) is 0.0526. The number of benzene rings is 18. The Morgan fingerprint density at radius 2 is 0.607 bits per heavy atom. The van der Waals surface area contributed by atoms with Gasteiger partial charge in [0, 0.05) is 94.2 Å². The third kappa shape index (κ3) is 15.9. The Kier molecular flexibility index (Phi) is 22.0. The van der Waals surface area contributed by atoms with Crippen LogP contribution in [-0.2, 0) is 0 Å². The van der Waals surface area contributed by atoms with Crippen LogP contribution in [-0.4, -0.2) is 0 Å². The first kappa shape index (κ1) is 77.6. The standard InChI is InChI=1S/C19H15NO.C19H15NS.2C19H14O.2C19H14S/c2*1-14-11-12-17-19(13-14)21-18-10-6-5-9-16(18)20(17)15-7-3-2-4-8-15;1-13-9-11-14(12-10-13)15-6-4-7-17-16-5-2-3-8-18(16)20-19(15)17;1-13-10-11-18-17(12-13)16-9-5-8-15(19(16)20-18)14-6-3-2-4-7-14;1-13-9-11-14(12-10-13)15-6-4-7-17-16-5-2-3-8-18(16)20-19(15)17;1-13-10-11-18-17(12-13)16-9-5-8-15(19(16)20-18)14-6-3-2-4-7-14/h2*2-13H,1H3;4*2-12H,1H3. The van der Waals surface area contributed by atoms with E-state index in [0.29, 0.717) is 0 Å². The summed E-state index contributed by atoms with van der Waals surface area (Å²) in [4.78, 5) is 7.21. The van der Waals surface area contributed by atoms with Crippen molar-refractivity contribution in [3.63, 3.8) is 0 Å². The fourth-order valence-corrected chi connectivity index (χ4v) is 20.0. The molecule has 22 aromatic rings.